The van der Waals surface area contributed by atoms with Crippen molar-refractivity contribution in [1.29, 1.82) is 0 Å². The summed E-state index contributed by atoms with van der Waals surface area (Å²) in [5, 5.41) is 11.3. The van der Waals surface area contributed by atoms with Gasteiger partial charge in [-0.3, -0.25) is 0 Å². The summed E-state index contributed by atoms with van der Waals surface area (Å²) in [6.07, 6.45) is 11.4. The standard InChI is InChI=1S/C28H32F2O2/c1-3-4-8-17-32-20(2)9-6-5-7-10-21-11-12-23-19-24(14-13-22(23)18-21)25-15-16-26(31)28(30)27(25)29/h7,10-16,18-20,31H,3-6,8-9,17H2,1-2H3/b10-7+. The van der Waals surface area contributed by atoms with Gasteiger partial charge in [0, 0.05) is 12.2 Å². The first kappa shape index (κ1) is 23.9. The summed E-state index contributed by atoms with van der Waals surface area (Å²) >= 11 is 0. The Morgan fingerprint density at radius 3 is 2.53 bits per heavy atom. The summed E-state index contributed by atoms with van der Waals surface area (Å²) in [6, 6.07) is 14.2. The van der Waals surface area contributed by atoms with Gasteiger partial charge in [-0.1, -0.05) is 56.2 Å². The Kier molecular flexibility index (Phi) is 8.81. The monoisotopic (exact) mass is 438 g/mol. The maximum Gasteiger partial charge on any atom is 0.200 e. The van der Waals surface area contributed by atoms with Crippen molar-refractivity contribution in [2.24, 2.45) is 0 Å². The number of aromatic hydroxyl groups is 1. The van der Waals surface area contributed by atoms with Crippen LogP contribution in [0.15, 0.2) is 54.6 Å². The molecule has 0 heterocycles. The molecule has 0 aromatic heterocycles. The van der Waals surface area contributed by atoms with Gasteiger partial charge in [-0.05, 0) is 78.8 Å². The number of hydrogen-bond donors (Lipinski definition) is 1. The van der Waals surface area contributed by atoms with Crippen molar-refractivity contribution >= 4 is 16.8 Å². The van der Waals surface area contributed by atoms with Crippen LogP contribution < -0.4 is 0 Å². The molecule has 1 N–H and O–H groups in total. The second kappa shape index (κ2) is 11.8. The molecule has 0 fully saturated rings. The summed E-state index contributed by atoms with van der Waals surface area (Å²) in [4.78, 5) is 0. The molecule has 0 aliphatic rings. The lowest BCUT2D eigenvalue weighted by Crippen LogP contribution is -2.08. The third-order valence-corrected chi connectivity index (χ3v) is 5.68. The highest BCUT2D eigenvalue weighted by Gasteiger charge is 2.14. The quantitative estimate of drug-likeness (QED) is 0.305. The Morgan fingerprint density at radius 2 is 1.72 bits per heavy atom. The summed E-state index contributed by atoms with van der Waals surface area (Å²) in [7, 11) is 0. The van der Waals surface area contributed by atoms with Gasteiger partial charge in [0.15, 0.2) is 11.6 Å². The number of rotatable bonds is 11. The Bertz CT molecular complexity index is 1060. The molecule has 0 saturated carbocycles. The number of phenolic OH excluding ortho intramolecular Hbond substituents is 1. The molecule has 0 amide bonds. The van der Waals surface area contributed by atoms with E-state index in [1.165, 1.54) is 25.0 Å². The Hall–Kier alpha value is -2.72. The van der Waals surface area contributed by atoms with E-state index in [2.05, 4.69) is 32.1 Å². The Balaban J connectivity index is 1.57. The van der Waals surface area contributed by atoms with E-state index >= 15 is 0 Å². The number of fused-ring (bicyclic) bond motifs is 1. The maximum absolute atomic E-state index is 14.2. The van der Waals surface area contributed by atoms with Crippen LogP contribution in [0.4, 0.5) is 8.78 Å². The molecule has 1 atom stereocenters. The summed E-state index contributed by atoms with van der Waals surface area (Å²) in [5.74, 6) is -2.94. The number of halogens is 2. The van der Waals surface area contributed by atoms with Crippen LogP contribution in [0.2, 0.25) is 0 Å². The number of unbranched alkanes of at least 4 members (excludes halogenated alkanes) is 3. The van der Waals surface area contributed by atoms with Crippen molar-refractivity contribution in [3.8, 4) is 16.9 Å². The predicted octanol–water partition coefficient (Wildman–Crippen LogP) is 8.27. The van der Waals surface area contributed by atoms with Gasteiger partial charge in [0.05, 0.1) is 6.10 Å². The fraction of sp³-hybridized carbons (Fsp3) is 0.357. The number of allylic oxidation sites excluding steroid dienone is 1. The minimum Gasteiger partial charge on any atom is -0.505 e. The van der Waals surface area contributed by atoms with Gasteiger partial charge >= 0.3 is 0 Å². The second-order valence-corrected chi connectivity index (χ2v) is 8.30. The van der Waals surface area contributed by atoms with Crippen molar-refractivity contribution in [1.82, 2.24) is 0 Å². The molecule has 4 heteroatoms. The third kappa shape index (κ3) is 6.39. The van der Waals surface area contributed by atoms with Gasteiger partial charge in [-0.15, -0.1) is 0 Å². The van der Waals surface area contributed by atoms with Crippen LogP contribution in [0.25, 0.3) is 28.0 Å². The largest absolute Gasteiger partial charge is 0.505 e. The highest BCUT2D eigenvalue weighted by atomic mass is 19.2. The predicted molar refractivity (Wildman–Crippen MR) is 129 cm³/mol. The maximum atomic E-state index is 14.2. The molecule has 0 radical (unpaired) electrons. The lowest BCUT2D eigenvalue weighted by Gasteiger charge is -2.12. The highest BCUT2D eigenvalue weighted by Crippen LogP contribution is 2.31. The first-order valence-electron chi connectivity index (χ1n) is 11.5. The zero-order valence-corrected chi connectivity index (χ0v) is 18.9. The number of ether oxygens (including phenoxy) is 1. The minimum atomic E-state index is -1.22. The normalized spacial score (nSPS) is 12.6. The van der Waals surface area contributed by atoms with E-state index < -0.39 is 17.4 Å². The average Bonchev–Trinajstić information content (AvgIpc) is 2.80. The Morgan fingerprint density at radius 1 is 0.938 bits per heavy atom. The summed E-state index contributed by atoms with van der Waals surface area (Å²) < 4.78 is 33.7. The van der Waals surface area contributed by atoms with Crippen molar-refractivity contribution in [2.45, 2.75) is 58.5 Å². The van der Waals surface area contributed by atoms with Crippen LogP contribution in [0.3, 0.4) is 0 Å². The van der Waals surface area contributed by atoms with Crippen LogP contribution >= 0.6 is 0 Å². The van der Waals surface area contributed by atoms with Crippen LogP contribution in [0.5, 0.6) is 5.75 Å². The van der Waals surface area contributed by atoms with Crippen LogP contribution in [0.1, 0.15) is 57.9 Å². The summed E-state index contributed by atoms with van der Waals surface area (Å²) in [6.45, 7) is 5.20. The molecule has 32 heavy (non-hydrogen) atoms. The third-order valence-electron chi connectivity index (χ3n) is 5.68. The van der Waals surface area contributed by atoms with E-state index in [-0.39, 0.29) is 5.56 Å². The lowest BCUT2D eigenvalue weighted by atomic mass is 9.99. The van der Waals surface area contributed by atoms with Crippen molar-refractivity contribution < 1.29 is 18.6 Å². The fourth-order valence-electron chi connectivity index (χ4n) is 3.76. The SMILES string of the molecule is CCCCCOC(C)CCC/C=C/c1ccc2cc(-c3ccc(O)c(F)c3F)ccc2c1. The molecule has 3 aromatic rings. The number of benzene rings is 3. The van der Waals surface area contributed by atoms with Gasteiger partial charge in [0.25, 0.3) is 0 Å². The van der Waals surface area contributed by atoms with E-state index in [9.17, 15) is 13.9 Å². The van der Waals surface area contributed by atoms with Gasteiger partial charge in [0.1, 0.15) is 0 Å². The van der Waals surface area contributed by atoms with Gasteiger partial charge in [0.2, 0.25) is 5.82 Å². The first-order chi connectivity index (χ1) is 15.5. The van der Waals surface area contributed by atoms with E-state index in [4.69, 9.17) is 4.74 Å². The van der Waals surface area contributed by atoms with Crippen LogP contribution in [0, 0.1) is 11.6 Å². The minimum absolute atomic E-state index is 0.134. The van der Waals surface area contributed by atoms with Crippen LogP contribution in [-0.2, 0) is 4.74 Å². The summed E-state index contributed by atoms with van der Waals surface area (Å²) in [5.41, 5.74) is 1.81. The van der Waals surface area contributed by atoms with Gasteiger partial charge in [-0.25, -0.2) is 4.39 Å². The zero-order valence-electron chi connectivity index (χ0n) is 18.9. The molecule has 1 unspecified atom stereocenters. The van der Waals surface area contributed by atoms with Crippen LogP contribution in [-0.4, -0.2) is 17.8 Å². The molecule has 0 aliphatic heterocycles. The van der Waals surface area contributed by atoms with Crippen molar-refractivity contribution in [2.75, 3.05) is 6.61 Å². The molecule has 2 nitrogen and oxygen atoms in total. The fourth-order valence-corrected chi connectivity index (χ4v) is 3.76. The molecule has 0 saturated heterocycles. The van der Waals surface area contributed by atoms with Crippen molar-refractivity contribution in [3.05, 3.63) is 71.8 Å². The van der Waals surface area contributed by atoms with Crippen molar-refractivity contribution in [3.63, 3.8) is 0 Å². The number of hydrogen-bond acceptors (Lipinski definition) is 2. The smallest absolute Gasteiger partial charge is 0.200 e. The van der Waals surface area contributed by atoms with E-state index in [1.54, 1.807) is 6.07 Å². The van der Waals surface area contributed by atoms with E-state index in [0.717, 1.165) is 48.6 Å². The van der Waals surface area contributed by atoms with E-state index in [0.29, 0.717) is 11.7 Å². The first-order valence-corrected chi connectivity index (χ1v) is 11.5. The molecule has 170 valence electrons. The zero-order chi connectivity index (χ0) is 22.9. The number of phenols is 1. The molecule has 3 rings (SSSR count). The average molecular weight is 439 g/mol. The van der Waals surface area contributed by atoms with Gasteiger partial charge in [-0.2, -0.15) is 4.39 Å². The molecular formula is C28H32F2O2. The van der Waals surface area contributed by atoms with E-state index in [1.807, 2.05) is 24.3 Å². The molecule has 3 aromatic carbocycles. The highest BCUT2D eigenvalue weighted by molar-refractivity contribution is 5.89. The Labute approximate surface area is 189 Å². The topological polar surface area (TPSA) is 29.5 Å². The molecular weight excluding hydrogens is 406 g/mol. The molecule has 0 bridgehead atoms. The second-order valence-electron chi connectivity index (χ2n) is 8.30. The molecule has 0 spiro atoms. The van der Waals surface area contributed by atoms with Gasteiger partial charge < -0.3 is 9.84 Å². The molecule has 0 aliphatic carbocycles. The lowest BCUT2D eigenvalue weighted by molar-refractivity contribution is 0.0566.